The summed E-state index contributed by atoms with van der Waals surface area (Å²) in [5.41, 5.74) is -3.56. The van der Waals surface area contributed by atoms with Crippen LogP contribution in [0.25, 0.3) is 0 Å². The quantitative estimate of drug-likeness (QED) is 0.243. The van der Waals surface area contributed by atoms with Crippen molar-refractivity contribution in [2.24, 2.45) is 5.92 Å². The van der Waals surface area contributed by atoms with Crippen molar-refractivity contribution in [3.8, 4) is 17.2 Å². The fourth-order valence-corrected chi connectivity index (χ4v) is 8.86. The van der Waals surface area contributed by atoms with Gasteiger partial charge in [0, 0.05) is 41.2 Å². The summed E-state index contributed by atoms with van der Waals surface area (Å²) < 4.78 is 28.0. The normalized spacial score (nSPS) is 30.4. The standard InChI is InChI=1S/C35H30O14/c1-10-20-13(5-14(46-10)7-18(37)45-4)6-16-23(29(20)40)28(39)15-9-35(16,49-12(3)36)27-22(15)31(42)24-25(33(27)44)30(41)21-11(2)47-17-8-19(38)48-34(17)26(21)32(24)43/h6,10-11,14-15,17,34,40-41,43H,5,7-9H2,1-4H3/t10-,11-,14+,15+,17-,34+,35-/m0/s1. The Bertz CT molecular complexity index is 2040. The Hall–Kier alpha value is -5.08. The third-order valence-corrected chi connectivity index (χ3v) is 10.6. The van der Waals surface area contributed by atoms with Gasteiger partial charge in [0.1, 0.15) is 23.4 Å². The van der Waals surface area contributed by atoms with E-state index in [1.54, 1.807) is 13.8 Å². The minimum absolute atomic E-state index is 0.0280. The Morgan fingerprint density at radius 2 is 1.55 bits per heavy atom. The van der Waals surface area contributed by atoms with Crippen molar-refractivity contribution in [3.63, 3.8) is 0 Å². The third-order valence-electron chi connectivity index (χ3n) is 10.6. The summed E-state index contributed by atoms with van der Waals surface area (Å²) in [5.74, 6) is -7.87. The summed E-state index contributed by atoms with van der Waals surface area (Å²) in [6.07, 6.45) is -4.86. The Labute approximate surface area is 277 Å². The van der Waals surface area contributed by atoms with Gasteiger partial charge in [-0.1, -0.05) is 0 Å². The largest absolute Gasteiger partial charge is 0.507 e. The zero-order chi connectivity index (χ0) is 35.0. The molecule has 8 rings (SSSR count). The summed E-state index contributed by atoms with van der Waals surface area (Å²) in [4.78, 5) is 80.6. The molecule has 3 heterocycles. The molecular weight excluding hydrogens is 644 g/mol. The van der Waals surface area contributed by atoms with Crippen molar-refractivity contribution in [1.29, 1.82) is 0 Å². The van der Waals surface area contributed by atoms with Crippen LogP contribution in [0.15, 0.2) is 17.2 Å². The molecule has 1 saturated heterocycles. The number of ketones is 3. The molecule has 6 aliphatic rings. The average molecular weight is 675 g/mol. The van der Waals surface area contributed by atoms with Crippen LogP contribution in [0.4, 0.5) is 0 Å². The van der Waals surface area contributed by atoms with Crippen molar-refractivity contribution in [1.82, 2.24) is 0 Å². The van der Waals surface area contributed by atoms with Crippen LogP contribution in [-0.4, -0.2) is 69.9 Å². The number of rotatable bonds is 3. The Balaban J connectivity index is 1.35. The second-order valence-corrected chi connectivity index (χ2v) is 13.3. The highest BCUT2D eigenvalue weighted by Crippen LogP contribution is 2.63. The Morgan fingerprint density at radius 1 is 0.898 bits per heavy atom. The number of carbonyl (C=O) groups excluding carboxylic acids is 6. The zero-order valence-corrected chi connectivity index (χ0v) is 26.7. The first-order valence-electron chi connectivity index (χ1n) is 15.9. The number of phenols is 3. The summed E-state index contributed by atoms with van der Waals surface area (Å²) in [7, 11) is 1.24. The number of hydrogen-bond acceptors (Lipinski definition) is 14. The molecule has 7 atom stereocenters. The van der Waals surface area contributed by atoms with Crippen molar-refractivity contribution in [3.05, 3.63) is 61.7 Å². The molecule has 3 aliphatic carbocycles. The monoisotopic (exact) mass is 674 g/mol. The molecule has 0 aromatic heterocycles. The van der Waals surface area contributed by atoms with Crippen molar-refractivity contribution in [2.45, 2.75) is 82.6 Å². The fraction of sp³-hybridized carbons (Fsp3) is 0.429. The predicted octanol–water partition coefficient (Wildman–Crippen LogP) is 3.17. The number of Topliss-reactive ketones (excluding diaryl/α,β-unsaturated/α-hetero) is 3. The molecule has 14 nitrogen and oxygen atoms in total. The number of hydrogen-bond donors (Lipinski definition) is 3. The van der Waals surface area contributed by atoms with E-state index in [1.165, 1.54) is 13.2 Å². The molecule has 3 N–H and O–H groups in total. The molecular formula is C35H30O14. The molecule has 2 aromatic carbocycles. The molecule has 0 unspecified atom stereocenters. The molecule has 0 radical (unpaired) electrons. The number of aromatic hydroxyl groups is 3. The lowest BCUT2D eigenvalue weighted by Crippen LogP contribution is -2.41. The van der Waals surface area contributed by atoms with Gasteiger partial charge in [0.2, 0.25) is 0 Å². The zero-order valence-electron chi connectivity index (χ0n) is 26.7. The number of fused-ring (bicyclic) bond motifs is 11. The van der Waals surface area contributed by atoms with Crippen LogP contribution in [0.3, 0.4) is 0 Å². The van der Waals surface area contributed by atoms with E-state index < -0.39 is 106 Å². The lowest BCUT2D eigenvalue weighted by Gasteiger charge is -2.39. The maximum absolute atomic E-state index is 14.7. The van der Waals surface area contributed by atoms with Gasteiger partial charge in [-0.25, -0.2) is 0 Å². The van der Waals surface area contributed by atoms with Crippen LogP contribution >= 0.6 is 0 Å². The topological polar surface area (TPSA) is 209 Å². The molecule has 2 aromatic rings. The van der Waals surface area contributed by atoms with Crippen LogP contribution in [0.5, 0.6) is 17.2 Å². The second kappa shape index (κ2) is 10.2. The van der Waals surface area contributed by atoms with Gasteiger partial charge >= 0.3 is 17.9 Å². The van der Waals surface area contributed by atoms with Gasteiger partial charge in [0.25, 0.3) is 0 Å². The van der Waals surface area contributed by atoms with Gasteiger partial charge in [-0.3, -0.25) is 28.8 Å². The number of methoxy groups -OCH3 is 1. The number of ether oxygens (including phenoxy) is 5. The third kappa shape index (κ3) is 3.95. The SMILES string of the molecule is COC(=O)C[C@H]1Cc2cc3c(c(O)c2[C@H](C)O1)C(=O)[C@@H]1C[C@@]3(OC(C)=O)C2=C1C(=O)c1c(O)c3c(c(O)c1C2=O)[C@H](C)O[C@H]1CC(=O)O[C@@H]31. The van der Waals surface area contributed by atoms with Gasteiger partial charge in [0.05, 0.1) is 66.4 Å². The smallest absolute Gasteiger partial charge is 0.309 e. The molecule has 14 heteroatoms. The predicted molar refractivity (Wildman–Crippen MR) is 160 cm³/mol. The number of esters is 3. The molecule has 0 saturated carbocycles. The molecule has 1 fully saturated rings. The highest BCUT2D eigenvalue weighted by molar-refractivity contribution is 6.33. The molecule has 49 heavy (non-hydrogen) atoms. The minimum Gasteiger partial charge on any atom is -0.507 e. The van der Waals surface area contributed by atoms with Crippen molar-refractivity contribution >= 4 is 35.3 Å². The highest BCUT2D eigenvalue weighted by Gasteiger charge is 2.64. The van der Waals surface area contributed by atoms with Crippen LogP contribution in [-0.2, 0) is 50.1 Å². The maximum atomic E-state index is 14.7. The van der Waals surface area contributed by atoms with E-state index >= 15 is 0 Å². The molecule has 0 amide bonds. The van der Waals surface area contributed by atoms with Crippen LogP contribution in [0.1, 0.15) is 117 Å². The number of carbonyl (C=O) groups is 6. The molecule has 2 bridgehead atoms. The lowest BCUT2D eigenvalue weighted by molar-refractivity contribution is -0.155. The van der Waals surface area contributed by atoms with E-state index in [9.17, 15) is 44.1 Å². The first-order chi connectivity index (χ1) is 23.2. The summed E-state index contributed by atoms with van der Waals surface area (Å²) in [5, 5.41) is 35.0. The lowest BCUT2D eigenvalue weighted by atomic mass is 9.71. The number of allylic oxidation sites excluding steroid dienone is 1. The van der Waals surface area contributed by atoms with Gasteiger partial charge in [-0.15, -0.1) is 0 Å². The van der Waals surface area contributed by atoms with Crippen LogP contribution in [0.2, 0.25) is 0 Å². The van der Waals surface area contributed by atoms with Gasteiger partial charge < -0.3 is 39.0 Å². The first kappa shape index (κ1) is 31.2. The highest BCUT2D eigenvalue weighted by atomic mass is 16.6. The van der Waals surface area contributed by atoms with E-state index in [1.807, 2.05) is 0 Å². The summed E-state index contributed by atoms with van der Waals surface area (Å²) in [6.45, 7) is 4.28. The fourth-order valence-electron chi connectivity index (χ4n) is 8.86. The van der Waals surface area contributed by atoms with E-state index in [0.29, 0.717) is 5.56 Å². The van der Waals surface area contributed by atoms with Gasteiger partial charge in [-0.2, -0.15) is 0 Å². The van der Waals surface area contributed by atoms with E-state index in [0.717, 1.165) is 6.92 Å². The van der Waals surface area contributed by atoms with Crippen molar-refractivity contribution < 1.29 is 67.8 Å². The molecule has 3 aliphatic heterocycles. The van der Waals surface area contributed by atoms with Gasteiger partial charge in [0.15, 0.2) is 29.1 Å². The Kier molecular flexibility index (Phi) is 6.51. The molecule has 0 spiro atoms. The minimum atomic E-state index is -2.04. The summed E-state index contributed by atoms with van der Waals surface area (Å²) in [6, 6.07) is 1.53. The van der Waals surface area contributed by atoms with Crippen LogP contribution < -0.4 is 0 Å². The molecule has 254 valence electrons. The summed E-state index contributed by atoms with van der Waals surface area (Å²) >= 11 is 0. The average Bonchev–Trinajstić information content (AvgIpc) is 3.55. The number of benzene rings is 2. The second-order valence-electron chi connectivity index (χ2n) is 13.3. The van der Waals surface area contributed by atoms with E-state index in [4.69, 9.17) is 23.7 Å². The first-order valence-corrected chi connectivity index (χ1v) is 15.9. The van der Waals surface area contributed by atoms with Crippen LogP contribution in [0, 0.1) is 5.92 Å². The van der Waals surface area contributed by atoms with Gasteiger partial charge in [-0.05, 0) is 31.9 Å². The van der Waals surface area contributed by atoms with E-state index in [2.05, 4.69) is 0 Å². The van der Waals surface area contributed by atoms with Crippen molar-refractivity contribution in [2.75, 3.05) is 7.11 Å². The maximum Gasteiger partial charge on any atom is 0.309 e. The van der Waals surface area contributed by atoms with E-state index in [-0.39, 0.29) is 64.6 Å². The Morgan fingerprint density at radius 3 is 2.24 bits per heavy atom. The number of phenolic OH excluding ortho intramolecular Hbond substituents is 3.